The fourth-order valence-corrected chi connectivity index (χ4v) is 3.78. The number of amides is 1. The second-order valence-corrected chi connectivity index (χ2v) is 6.97. The second kappa shape index (κ2) is 8.47. The van der Waals surface area contributed by atoms with E-state index in [4.69, 9.17) is 0 Å². The van der Waals surface area contributed by atoms with Crippen LogP contribution in [-0.4, -0.2) is 41.7 Å². The number of aryl methyl sites for hydroxylation is 1. The Labute approximate surface area is 155 Å². The molecule has 0 fully saturated rings. The van der Waals surface area contributed by atoms with Crippen LogP contribution in [0, 0.1) is 0 Å². The van der Waals surface area contributed by atoms with Crippen LogP contribution in [0.3, 0.4) is 0 Å². The second-order valence-electron chi connectivity index (χ2n) is 6.97. The number of hydrogen-bond donors (Lipinski definition) is 2. The van der Waals surface area contributed by atoms with Crippen molar-refractivity contribution in [1.82, 2.24) is 10.2 Å². The van der Waals surface area contributed by atoms with Gasteiger partial charge < -0.3 is 15.3 Å². The highest BCUT2D eigenvalue weighted by atomic mass is 16.3. The first kappa shape index (κ1) is 18.6. The topological polar surface area (TPSA) is 52.6 Å². The summed E-state index contributed by atoms with van der Waals surface area (Å²) in [5, 5.41) is 12.5. The van der Waals surface area contributed by atoms with Crippen molar-refractivity contribution in [2.24, 2.45) is 0 Å². The number of hydrogen-bond acceptors (Lipinski definition) is 3. The molecule has 1 amide bonds. The van der Waals surface area contributed by atoms with Gasteiger partial charge in [0.1, 0.15) is 0 Å². The third-order valence-corrected chi connectivity index (χ3v) is 5.05. The first-order valence-corrected chi connectivity index (χ1v) is 9.45. The predicted octanol–water partition coefficient (Wildman–Crippen LogP) is 2.69. The van der Waals surface area contributed by atoms with Gasteiger partial charge in [-0.2, -0.15) is 0 Å². The average Bonchev–Trinajstić information content (AvgIpc) is 2.66. The minimum Gasteiger partial charge on any atom is -0.392 e. The Morgan fingerprint density at radius 3 is 2.62 bits per heavy atom. The number of nitrogens with zero attached hydrogens (tertiary/aromatic N) is 1. The number of fused-ring (bicyclic) bond motifs is 1. The zero-order valence-electron chi connectivity index (χ0n) is 15.6. The lowest BCUT2D eigenvalue weighted by Crippen LogP contribution is -2.45. The summed E-state index contributed by atoms with van der Waals surface area (Å²) in [6.07, 6.45) is 1.36. The van der Waals surface area contributed by atoms with Gasteiger partial charge in [0, 0.05) is 13.1 Å². The van der Waals surface area contributed by atoms with Gasteiger partial charge in [0.05, 0.1) is 18.7 Å². The van der Waals surface area contributed by atoms with E-state index in [0.717, 1.165) is 19.4 Å². The zero-order chi connectivity index (χ0) is 18.5. The molecule has 0 spiro atoms. The summed E-state index contributed by atoms with van der Waals surface area (Å²) in [6, 6.07) is 16.8. The zero-order valence-corrected chi connectivity index (χ0v) is 15.6. The molecule has 1 heterocycles. The van der Waals surface area contributed by atoms with Gasteiger partial charge in [-0.3, -0.25) is 4.79 Å². The molecule has 3 rings (SSSR count). The largest absolute Gasteiger partial charge is 0.392 e. The Bertz CT molecular complexity index is 757. The lowest BCUT2D eigenvalue weighted by atomic mass is 9.85. The van der Waals surface area contributed by atoms with Gasteiger partial charge in [-0.1, -0.05) is 55.5 Å². The van der Waals surface area contributed by atoms with Gasteiger partial charge in [-0.05, 0) is 42.0 Å². The standard InChI is InChI=1S/C22H28N2O2/c1-3-17-8-4-6-10-19(17)22-20-11-7-5-9-18(20)12-13-24(22)21(26)15-23-14-16(2)25/h4-11,16,22-23,25H,3,12-15H2,1-2H3. The van der Waals surface area contributed by atoms with Gasteiger partial charge >= 0.3 is 0 Å². The van der Waals surface area contributed by atoms with Crippen molar-refractivity contribution in [2.75, 3.05) is 19.6 Å². The molecule has 2 aromatic carbocycles. The summed E-state index contributed by atoms with van der Waals surface area (Å²) in [5.41, 5.74) is 5.04. The molecule has 4 nitrogen and oxygen atoms in total. The third kappa shape index (κ3) is 3.97. The van der Waals surface area contributed by atoms with Crippen molar-refractivity contribution in [3.05, 3.63) is 70.8 Å². The van der Waals surface area contributed by atoms with Gasteiger partial charge in [-0.15, -0.1) is 0 Å². The molecule has 0 saturated carbocycles. The van der Waals surface area contributed by atoms with E-state index in [1.165, 1.54) is 22.3 Å². The quantitative estimate of drug-likeness (QED) is 0.840. The van der Waals surface area contributed by atoms with E-state index < -0.39 is 6.10 Å². The molecule has 0 bridgehead atoms. The van der Waals surface area contributed by atoms with Gasteiger partial charge in [-0.25, -0.2) is 0 Å². The van der Waals surface area contributed by atoms with Crippen molar-refractivity contribution < 1.29 is 9.90 Å². The predicted molar refractivity (Wildman–Crippen MR) is 104 cm³/mol. The smallest absolute Gasteiger partial charge is 0.237 e. The summed E-state index contributed by atoms with van der Waals surface area (Å²) in [6.45, 7) is 5.26. The van der Waals surface area contributed by atoms with Crippen LogP contribution in [0.25, 0.3) is 0 Å². The van der Waals surface area contributed by atoms with Crippen LogP contribution in [0.5, 0.6) is 0 Å². The van der Waals surface area contributed by atoms with Crippen LogP contribution in [0.2, 0.25) is 0 Å². The Hall–Kier alpha value is -2.17. The number of carbonyl (C=O) groups excluding carboxylic acids is 1. The lowest BCUT2D eigenvalue weighted by molar-refractivity contribution is -0.132. The first-order valence-electron chi connectivity index (χ1n) is 9.45. The number of rotatable bonds is 6. The molecular formula is C22H28N2O2. The van der Waals surface area contributed by atoms with E-state index in [-0.39, 0.29) is 18.5 Å². The van der Waals surface area contributed by atoms with Gasteiger partial charge in [0.25, 0.3) is 0 Å². The fourth-order valence-electron chi connectivity index (χ4n) is 3.78. The van der Waals surface area contributed by atoms with Crippen molar-refractivity contribution in [3.63, 3.8) is 0 Å². The summed E-state index contributed by atoms with van der Waals surface area (Å²) in [4.78, 5) is 14.9. The van der Waals surface area contributed by atoms with Crippen molar-refractivity contribution in [3.8, 4) is 0 Å². The van der Waals surface area contributed by atoms with Crippen molar-refractivity contribution in [1.29, 1.82) is 0 Å². The number of carbonyl (C=O) groups is 1. The molecule has 0 saturated heterocycles. The number of benzene rings is 2. The highest BCUT2D eigenvalue weighted by molar-refractivity contribution is 5.80. The van der Waals surface area contributed by atoms with E-state index in [1.54, 1.807) is 6.92 Å². The Morgan fingerprint density at radius 2 is 1.88 bits per heavy atom. The van der Waals surface area contributed by atoms with Crippen molar-refractivity contribution in [2.45, 2.75) is 38.8 Å². The molecule has 1 aliphatic heterocycles. The number of aliphatic hydroxyl groups is 1. The number of aliphatic hydroxyl groups excluding tert-OH is 1. The maximum Gasteiger partial charge on any atom is 0.237 e. The van der Waals surface area contributed by atoms with Crippen LogP contribution in [-0.2, 0) is 17.6 Å². The molecule has 138 valence electrons. The Kier molecular flexibility index (Phi) is 6.07. The molecule has 0 aromatic heterocycles. The lowest BCUT2D eigenvalue weighted by Gasteiger charge is -2.38. The molecular weight excluding hydrogens is 324 g/mol. The Morgan fingerprint density at radius 1 is 1.19 bits per heavy atom. The average molecular weight is 352 g/mol. The summed E-state index contributed by atoms with van der Waals surface area (Å²) in [7, 11) is 0. The first-order chi connectivity index (χ1) is 12.6. The molecule has 0 radical (unpaired) electrons. The van der Waals surface area contributed by atoms with Crippen LogP contribution in [0.15, 0.2) is 48.5 Å². The summed E-state index contributed by atoms with van der Waals surface area (Å²) >= 11 is 0. The highest BCUT2D eigenvalue weighted by Gasteiger charge is 2.32. The van der Waals surface area contributed by atoms with Crippen LogP contribution in [0.1, 0.15) is 42.1 Å². The summed E-state index contributed by atoms with van der Waals surface area (Å²) in [5.74, 6) is 0.0797. The van der Waals surface area contributed by atoms with E-state index >= 15 is 0 Å². The van der Waals surface area contributed by atoms with Crippen molar-refractivity contribution >= 4 is 5.91 Å². The van der Waals surface area contributed by atoms with E-state index in [0.29, 0.717) is 6.54 Å². The monoisotopic (exact) mass is 352 g/mol. The van der Waals surface area contributed by atoms with Gasteiger partial charge in [0.15, 0.2) is 0 Å². The maximum atomic E-state index is 13.0. The van der Waals surface area contributed by atoms with E-state index in [9.17, 15) is 9.90 Å². The molecule has 1 aliphatic rings. The van der Waals surface area contributed by atoms with E-state index in [2.05, 4.69) is 60.8 Å². The molecule has 26 heavy (non-hydrogen) atoms. The maximum absolute atomic E-state index is 13.0. The minimum absolute atomic E-state index is 0.0445. The van der Waals surface area contributed by atoms with Crippen LogP contribution in [0.4, 0.5) is 0 Å². The molecule has 2 atom stereocenters. The number of nitrogens with one attached hydrogen (secondary N) is 1. The van der Waals surface area contributed by atoms with Gasteiger partial charge in [0.2, 0.25) is 5.91 Å². The van der Waals surface area contributed by atoms with E-state index in [1.807, 2.05) is 4.90 Å². The normalized spacial score (nSPS) is 17.7. The molecule has 2 aromatic rings. The Balaban J connectivity index is 1.95. The highest BCUT2D eigenvalue weighted by Crippen LogP contribution is 2.36. The molecule has 4 heteroatoms. The summed E-state index contributed by atoms with van der Waals surface area (Å²) < 4.78 is 0. The minimum atomic E-state index is -0.457. The SMILES string of the molecule is CCc1ccccc1C1c2ccccc2CCN1C(=O)CNCC(C)O. The fraction of sp³-hybridized carbons (Fsp3) is 0.409. The molecule has 0 aliphatic carbocycles. The third-order valence-electron chi connectivity index (χ3n) is 5.05. The molecule has 2 unspecified atom stereocenters. The van der Waals surface area contributed by atoms with Crippen LogP contribution >= 0.6 is 0 Å². The van der Waals surface area contributed by atoms with Crippen LogP contribution < -0.4 is 5.32 Å². The molecule has 2 N–H and O–H groups in total.